The van der Waals surface area contributed by atoms with Crippen LogP contribution in [-0.2, 0) is 11.2 Å². The highest BCUT2D eigenvalue weighted by molar-refractivity contribution is 5.41. The number of morpholine rings is 1. The minimum absolute atomic E-state index is 0.355. The molecule has 1 saturated heterocycles. The summed E-state index contributed by atoms with van der Waals surface area (Å²) in [6.07, 6.45) is 2.59. The van der Waals surface area contributed by atoms with E-state index in [4.69, 9.17) is 4.74 Å². The molecule has 1 fully saturated rings. The Balaban J connectivity index is 2.16. The van der Waals surface area contributed by atoms with E-state index in [9.17, 15) is 0 Å². The zero-order valence-corrected chi connectivity index (χ0v) is 10.5. The molecule has 17 heavy (non-hydrogen) atoms. The largest absolute Gasteiger partial charge is 0.377 e. The molecule has 1 aromatic heterocycles. The van der Waals surface area contributed by atoms with Gasteiger partial charge in [0, 0.05) is 24.8 Å². The van der Waals surface area contributed by atoms with Gasteiger partial charge < -0.3 is 15.0 Å². The summed E-state index contributed by atoms with van der Waals surface area (Å²) in [6.45, 7) is 5.44. The van der Waals surface area contributed by atoms with Crippen LogP contribution in [0.4, 0.5) is 5.82 Å². The van der Waals surface area contributed by atoms with Crippen LogP contribution >= 0.6 is 0 Å². The first kappa shape index (κ1) is 12.3. The van der Waals surface area contributed by atoms with E-state index in [-0.39, 0.29) is 0 Å². The molecular formula is C12H20N4O. The van der Waals surface area contributed by atoms with Crippen LogP contribution in [0.5, 0.6) is 0 Å². The molecule has 94 valence electrons. The van der Waals surface area contributed by atoms with E-state index in [2.05, 4.69) is 33.2 Å². The Bertz CT molecular complexity index is 356. The maximum absolute atomic E-state index is 5.52. The smallest absolute Gasteiger partial charge is 0.132 e. The molecule has 0 amide bonds. The number of likely N-dealkylation sites (N-methyl/N-ethyl adjacent to an activating group) is 1. The van der Waals surface area contributed by atoms with Crippen LogP contribution in [0.2, 0.25) is 0 Å². The molecule has 0 spiro atoms. The lowest BCUT2D eigenvalue weighted by atomic mass is 10.2. The van der Waals surface area contributed by atoms with Crippen LogP contribution in [0.25, 0.3) is 0 Å². The van der Waals surface area contributed by atoms with E-state index in [1.165, 1.54) is 0 Å². The lowest BCUT2D eigenvalue weighted by Crippen LogP contribution is -2.50. The van der Waals surface area contributed by atoms with Crippen molar-refractivity contribution >= 4 is 5.82 Å². The van der Waals surface area contributed by atoms with Crippen molar-refractivity contribution in [3.05, 3.63) is 18.1 Å². The van der Waals surface area contributed by atoms with Gasteiger partial charge in [0.05, 0.1) is 19.3 Å². The van der Waals surface area contributed by atoms with Crippen LogP contribution in [0.1, 0.15) is 12.6 Å². The van der Waals surface area contributed by atoms with Crippen molar-refractivity contribution in [2.75, 3.05) is 38.3 Å². The van der Waals surface area contributed by atoms with Crippen molar-refractivity contribution < 1.29 is 4.74 Å². The normalized spacial score (nSPS) is 20.6. The average molecular weight is 236 g/mol. The molecule has 0 bridgehead atoms. The first-order valence-corrected chi connectivity index (χ1v) is 6.15. The van der Waals surface area contributed by atoms with E-state index in [1.54, 1.807) is 6.33 Å². The van der Waals surface area contributed by atoms with Crippen LogP contribution < -0.4 is 10.2 Å². The van der Waals surface area contributed by atoms with Crippen LogP contribution in [0, 0.1) is 0 Å². The zero-order chi connectivity index (χ0) is 12.1. The van der Waals surface area contributed by atoms with Crippen molar-refractivity contribution in [1.82, 2.24) is 15.3 Å². The summed E-state index contributed by atoms with van der Waals surface area (Å²) >= 11 is 0. The number of nitrogens with one attached hydrogen (secondary N) is 1. The van der Waals surface area contributed by atoms with Gasteiger partial charge >= 0.3 is 0 Å². The van der Waals surface area contributed by atoms with Gasteiger partial charge in [-0.15, -0.1) is 0 Å². The van der Waals surface area contributed by atoms with Gasteiger partial charge in [0.2, 0.25) is 0 Å². The number of aryl methyl sites for hydroxylation is 1. The number of ether oxygens (including phenoxy) is 1. The molecule has 0 saturated carbocycles. The summed E-state index contributed by atoms with van der Waals surface area (Å²) in [4.78, 5) is 10.9. The number of hydrogen-bond donors (Lipinski definition) is 1. The molecule has 1 aliphatic heterocycles. The molecule has 1 N–H and O–H groups in total. The van der Waals surface area contributed by atoms with Gasteiger partial charge in [-0.3, -0.25) is 0 Å². The standard InChI is InChI=1S/C12H20N4O/c1-3-10-6-12(15-9-14-10)16-4-5-17-8-11(16)7-13-2/h6,9,11,13H,3-5,7-8H2,1-2H3. The summed E-state index contributed by atoms with van der Waals surface area (Å²) in [7, 11) is 1.96. The SMILES string of the molecule is CCc1cc(N2CCOCC2CNC)ncn1. The van der Waals surface area contributed by atoms with E-state index in [0.29, 0.717) is 6.04 Å². The fourth-order valence-corrected chi connectivity index (χ4v) is 2.10. The molecule has 1 aliphatic rings. The molecule has 0 aliphatic carbocycles. The summed E-state index contributed by atoms with van der Waals surface area (Å²) < 4.78 is 5.52. The molecule has 1 atom stereocenters. The fraction of sp³-hybridized carbons (Fsp3) is 0.667. The van der Waals surface area contributed by atoms with Crippen molar-refractivity contribution in [3.63, 3.8) is 0 Å². The summed E-state index contributed by atoms with van der Waals surface area (Å²) in [6, 6.07) is 2.43. The van der Waals surface area contributed by atoms with Crippen molar-refractivity contribution in [2.24, 2.45) is 0 Å². The van der Waals surface area contributed by atoms with E-state index < -0.39 is 0 Å². The molecule has 2 heterocycles. The first-order chi connectivity index (χ1) is 8.35. The number of nitrogens with zero attached hydrogens (tertiary/aromatic N) is 3. The van der Waals surface area contributed by atoms with Gasteiger partial charge in [-0.1, -0.05) is 6.92 Å². The zero-order valence-electron chi connectivity index (χ0n) is 10.5. The lowest BCUT2D eigenvalue weighted by molar-refractivity contribution is 0.0939. The molecule has 0 aromatic carbocycles. The summed E-state index contributed by atoms with van der Waals surface area (Å²) in [5.41, 5.74) is 1.09. The molecule has 5 nitrogen and oxygen atoms in total. The second-order valence-electron chi connectivity index (χ2n) is 4.20. The molecule has 5 heteroatoms. The van der Waals surface area contributed by atoms with Gasteiger partial charge in [-0.05, 0) is 13.5 Å². The van der Waals surface area contributed by atoms with Crippen LogP contribution in [0.15, 0.2) is 12.4 Å². The summed E-state index contributed by atoms with van der Waals surface area (Å²) in [5, 5.41) is 3.20. The minimum Gasteiger partial charge on any atom is -0.377 e. The number of hydrogen-bond acceptors (Lipinski definition) is 5. The topological polar surface area (TPSA) is 50.3 Å². The minimum atomic E-state index is 0.355. The third kappa shape index (κ3) is 2.92. The predicted octanol–water partition coefficient (Wildman–Crippen LogP) is 0.464. The fourth-order valence-electron chi connectivity index (χ4n) is 2.10. The molecule has 2 rings (SSSR count). The Morgan fingerprint density at radius 2 is 2.41 bits per heavy atom. The van der Waals surface area contributed by atoms with Gasteiger partial charge in [-0.2, -0.15) is 0 Å². The van der Waals surface area contributed by atoms with E-state index >= 15 is 0 Å². The Hall–Kier alpha value is -1.20. The van der Waals surface area contributed by atoms with Gasteiger partial charge in [0.15, 0.2) is 0 Å². The highest BCUT2D eigenvalue weighted by atomic mass is 16.5. The van der Waals surface area contributed by atoms with Crippen molar-refractivity contribution in [2.45, 2.75) is 19.4 Å². The van der Waals surface area contributed by atoms with Crippen LogP contribution in [0.3, 0.4) is 0 Å². The monoisotopic (exact) mass is 236 g/mol. The number of aromatic nitrogens is 2. The third-order valence-electron chi connectivity index (χ3n) is 3.03. The van der Waals surface area contributed by atoms with Crippen molar-refractivity contribution in [1.29, 1.82) is 0 Å². The van der Waals surface area contributed by atoms with Gasteiger partial charge in [0.25, 0.3) is 0 Å². The highest BCUT2D eigenvalue weighted by Gasteiger charge is 2.23. The van der Waals surface area contributed by atoms with Crippen molar-refractivity contribution in [3.8, 4) is 0 Å². The second kappa shape index (κ2) is 5.93. The van der Waals surface area contributed by atoms with E-state index in [1.807, 2.05) is 7.05 Å². The van der Waals surface area contributed by atoms with Crippen LogP contribution in [-0.4, -0.2) is 49.4 Å². The average Bonchev–Trinajstić information content (AvgIpc) is 2.40. The second-order valence-corrected chi connectivity index (χ2v) is 4.20. The van der Waals surface area contributed by atoms with E-state index in [0.717, 1.165) is 44.2 Å². The molecule has 1 aromatic rings. The predicted molar refractivity (Wildman–Crippen MR) is 67.3 cm³/mol. The lowest BCUT2D eigenvalue weighted by Gasteiger charge is -2.36. The molecule has 1 unspecified atom stereocenters. The first-order valence-electron chi connectivity index (χ1n) is 6.15. The quantitative estimate of drug-likeness (QED) is 0.823. The molecule has 0 radical (unpaired) electrons. The van der Waals surface area contributed by atoms with Gasteiger partial charge in [0.1, 0.15) is 12.1 Å². The molecular weight excluding hydrogens is 216 g/mol. The Morgan fingerprint density at radius 3 is 3.18 bits per heavy atom. The number of anilines is 1. The van der Waals surface area contributed by atoms with Gasteiger partial charge in [-0.25, -0.2) is 9.97 Å². The maximum Gasteiger partial charge on any atom is 0.132 e. The number of rotatable bonds is 4. The Kier molecular flexibility index (Phi) is 4.28. The third-order valence-corrected chi connectivity index (χ3v) is 3.03. The Labute approximate surface area is 102 Å². The Morgan fingerprint density at radius 1 is 1.53 bits per heavy atom. The maximum atomic E-state index is 5.52. The highest BCUT2D eigenvalue weighted by Crippen LogP contribution is 2.17. The summed E-state index contributed by atoms with van der Waals surface area (Å²) in [5.74, 6) is 1.01.